The van der Waals surface area contributed by atoms with E-state index >= 15 is 0 Å². The second kappa shape index (κ2) is 6.87. The molecule has 0 spiro atoms. The molecule has 7 heteroatoms. The van der Waals surface area contributed by atoms with Crippen LogP contribution in [0.25, 0.3) is 0 Å². The Bertz CT molecular complexity index is 681. The van der Waals surface area contributed by atoms with Crippen LogP contribution in [0.2, 0.25) is 5.02 Å². The molecule has 0 atom stereocenters. The number of ether oxygens (including phenoxy) is 1. The Labute approximate surface area is 133 Å². The van der Waals surface area contributed by atoms with Gasteiger partial charge in [0.05, 0.1) is 9.95 Å². The number of rotatable bonds is 5. The highest BCUT2D eigenvalue weighted by Gasteiger charge is 2.14. The van der Waals surface area contributed by atoms with Crippen LogP contribution in [-0.4, -0.2) is 4.92 Å². The highest BCUT2D eigenvalue weighted by Crippen LogP contribution is 2.27. The first kappa shape index (κ1) is 15.7. The predicted octanol–water partition coefficient (Wildman–Crippen LogP) is 4.86. The summed E-state index contributed by atoms with van der Waals surface area (Å²) in [7, 11) is 0. The monoisotopic (exact) mass is 373 g/mol. The van der Waals surface area contributed by atoms with E-state index in [9.17, 15) is 14.5 Å². The maximum absolute atomic E-state index is 13.5. The Kier molecular flexibility index (Phi) is 5.14. The first-order chi connectivity index (χ1) is 10.0. The van der Waals surface area contributed by atoms with Crippen molar-refractivity contribution in [2.75, 3.05) is 0 Å². The van der Waals surface area contributed by atoms with Gasteiger partial charge in [0.1, 0.15) is 12.4 Å². The minimum absolute atomic E-state index is 0.0717. The van der Waals surface area contributed by atoms with Crippen LogP contribution in [0.5, 0.6) is 5.75 Å². The number of hydrogen-bond donors (Lipinski definition) is 0. The Morgan fingerprint density at radius 2 is 1.95 bits per heavy atom. The summed E-state index contributed by atoms with van der Waals surface area (Å²) in [6.45, 7) is 0.0717. The standard InChI is InChI=1S/C14H10BrClFNO3/c15-7-9-2-4-14(11(16)5-9)21-8-10-1-3-13(18(19)20)12(17)6-10/h1-6H,7-8H2. The molecule has 0 saturated carbocycles. The normalized spacial score (nSPS) is 10.4. The van der Waals surface area contributed by atoms with Gasteiger partial charge < -0.3 is 4.74 Å². The van der Waals surface area contributed by atoms with E-state index in [1.807, 2.05) is 6.07 Å². The molecule has 2 aromatic rings. The number of nitro groups is 1. The minimum atomic E-state index is -0.887. The van der Waals surface area contributed by atoms with E-state index in [0.717, 1.165) is 17.7 Å². The highest BCUT2D eigenvalue weighted by molar-refractivity contribution is 9.08. The van der Waals surface area contributed by atoms with Crippen molar-refractivity contribution in [1.29, 1.82) is 0 Å². The van der Waals surface area contributed by atoms with E-state index < -0.39 is 16.4 Å². The quantitative estimate of drug-likeness (QED) is 0.426. The van der Waals surface area contributed by atoms with E-state index in [0.29, 0.717) is 21.7 Å². The summed E-state index contributed by atoms with van der Waals surface area (Å²) in [6, 6.07) is 8.99. The third-order valence-electron chi connectivity index (χ3n) is 2.75. The van der Waals surface area contributed by atoms with Crippen molar-refractivity contribution in [2.24, 2.45) is 0 Å². The van der Waals surface area contributed by atoms with Gasteiger partial charge in [0, 0.05) is 11.4 Å². The van der Waals surface area contributed by atoms with Crippen molar-refractivity contribution in [3.8, 4) is 5.75 Å². The van der Waals surface area contributed by atoms with Gasteiger partial charge in [0.25, 0.3) is 0 Å². The molecule has 0 aliphatic rings. The van der Waals surface area contributed by atoms with Gasteiger partial charge in [-0.25, -0.2) is 0 Å². The Morgan fingerprint density at radius 1 is 1.24 bits per heavy atom. The third kappa shape index (κ3) is 3.92. The Hall–Kier alpha value is -1.66. The largest absolute Gasteiger partial charge is 0.487 e. The lowest BCUT2D eigenvalue weighted by Crippen LogP contribution is -1.99. The molecule has 4 nitrogen and oxygen atoms in total. The molecule has 0 fully saturated rings. The number of benzene rings is 2. The van der Waals surface area contributed by atoms with E-state index in [1.54, 1.807) is 12.1 Å². The second-order valence-electron chi connectivity index (χ2n) is 4.23. The van der Waals surface area contributed by atoms with Crippen LogP contribution < -0.4 is 4.74 Å². The zero-order chi connectivity index (χ0) is 15.4. The molecule has 0 saturated heterocycles. The van der Waals surface area contributed by atoms with Crippen LogP contribution >= 0.6 is 27.5 Å². The molecule has 0 aromatic heterocycles. The molecule has 110 valence electrons. The first-order valence-electron chi connectivity index (χ1n) is 5.91. The summed E-state index contributed by atoms with van der Waals surface area (Å²) in [5.41, 5.74) is 0.936. The number of nitrogens with zero attached hydrogens (tertiary/aromatic N) is 1. The second-order valence-corrected chi connectivity index (χ2v) is 5.20. The van der Waals surface area contributed by atoms with Gasteiger partial charge in [-0.2, -0.15) is 4.39 Å². The van der Waals surface area contributed by atoms with Crippen molar-refractivity contribution in [2.45, 2.75) is 11.9 Å². The van der Waals surface area contributed by atoms with Crippen LogP contribution in [0.4, 0.5) is 10.1 Å². The fourth-order valence-corrected chi connectivity index (χ4v) is 2.30. The van der Waals surface area contributed by atoms with Crippen LogP contribution in [0.15, 0.2) is 36.4 Å². The highest BCUT2D eigenvalue weighted by atomic mass is 79.9. The SMILES string of the molecule is O=[N+]([O-])c1ccc(COc2ccc(CBr)cc2Cl)cc1F. The summed E-state index contributed by atoms with van der Waals surface area (Å²) in [5.74, 6) is -0.415. The first-order valence-corrected chi connectivity index (χ1v) is 7.41. The molecule has 0 heterocycles. The topological polar surface area (TPSA) is 52.4 Å². The zero-order valence-electron chi connectivity index (χ0n) is 10.7. The molecule has 0 unspecified atom stereocenters. The molecular weight excluding hydrogens is 365 g/mol. The average Bonchev–Trinajstić information content (AvgIpc) is 2.45. The zero-order valence-corrected chi connectivity index (χ0v) is 13.0. The van der Waals surface area contributed by atoms with Crippen molar-refractivity contribution in [3.05, 3.63) is 68.5 Å². The molecule has 0 radical (unpaired) electrons. The van der Waals surface area contributed by atoms with Crippen LogP contribution in [0.1, 0.15) is 11.1 Å². The summed E-state index contributed by atoms with van der Waals surface area (Å²) >= 11 is 9.39. The van der Waals surface area contributed by atoms with Gasteiger partial charge in [0.2, 0.25) is 5.82 Å². The molecule has 0 amide bonds. The van der Waals surface area contributed by atoms with Crippen molar-refractivity contribution < 1.29 is 14.1 Å². The molecule has 21 heavy (non-hydrogen) atoms. The van der Waals surface area contributed by atoms with E-state index in [4.69, 9.17) is 16.3 Å². The number of hydrogen-bond acceptors (Lipinski definition) is 3. The maximum Gasteiger partial charge on any atom is 0.304 e. The molecular formula is C14H10BrClFNO3. The summed E-state index contributed by atoms with van der Waals surface area (Å²) in [6.07, 6.45) is 0. The minimum Gasteiger partial charge on any atom is -0.487 e. The summed E-state index contributed by atoms with van der Waals surface area (Å²) < 4.78 is 19.0. The van der Waals surface area contributed by atoms with Gasteiger partial charge in [0.15, 0.2) is 0 Å². The molecule has 2 aromatic carbocycles. The number of nitro benzene ring substituents is 1. The summed E-state index contributed by atoms with van der Waals surface area (Å²) in [5, 5.41) is 11.7. The Morgan fingerprint density at radius 3 is 2.52 bits per heavy atom. The smallest absolute Gasteiger partial charge is 0.304 e. The molecule has 2 rings (SSSR count). The lowest BCUT2D eigenvalue weighted by molar-refractivity contribution is -0.387. The van der Waals surface area contributed by atoms with Gasteiger partial charge in [-0.05, 0) is 35.4 Å². The van der Waals surface area contributed by atoms with Gasteiger partial charge in [-0.15, -0.1) is 0 Å². The van der Waals surface area contributed by atoms with Crippen LogP contribution in [0.3, 0.4) is 0 Å². The third-order valence-corrected chi connectivity index (χ3v) is 3.70. The molecule has 0 bridgehead atoms. The number of alkyl halides is 1. The van der Waals surface area contributed by atoms with Gasteiger partial charge in [-0.1, -0.05) is 33.6 Å². The average molecular weight is 375 g/mol. The van der Waals surface area contributed by atoms with Crippen molar-refractivity contribution in [1.82, 2.24) is 0 Å². The lowest BCUT2D eigenvalue weighted by Gasteiger charge is -2.09. The van der Waals surface area contributed by atoms with Crippen LogP contribution in [-0.2, 0) is 11.9 Å². The molecule has 0 aliphatic carbocycles. The predicted molar refractivity (Wildman–Crippen MR) is 81.5 cm³/mol. The van der Waals surface area contributed by atoms with E-state index in [-0.39, 0.29) is 6.61 Å². The maximum atomic E-state index is 13.5. The number of halogens is 3. The molecule has 0 N–H and O–H groups in total. The van der Waals surface area contributed by atoms with Crippen molar-refractivity contribution in [3.63, 3.8) is 0 Å². The van der Waals surface area contributed by atoms with Gasteiger partial charge in [-0.3, -0.25) is 10.1 Å². The van der Waals surface area contributed by atoms with Crippen molar-refractivity contribution >= 4 is 33.2 Å². The lowest BCUT2D eigenvalue weighted by atomic mass is 10.2. The van der Waals surface area contributed by atoms with E-state index in [1.165, 1.54) is 6.07 Å². The summed E-state index contributed by atoms with van der Waals surface area (Å²) in [4.78, 5) is 9.76. The molecule has 0 aliphatic heterocycles. The van der Waals surface area contributed by atoms with E-state index in [2.05, 4.69) is 15.9 Å². The fraction of sp³-hybridized carbons (Fsp3) is 0.143. The van der Waals surface area contributed by atoms with Crippen LogP contribution in [0, 0.1) is 15.9 Å². The fourth-order valence-electron chi connectivity index (χ4n) is 1.69. The van der Waals surface area contributed by atoms with Gasteiger partial charge >= 0.3 is 5.69 Å². The Balaban J connectivity index is 2.10.